The fourth-order valence-electron chi connectivity index (χ4n) is 3.27. The lowest BCUT2D eigenvalue weighted by Gasteiger charge is -2.33. The summed E-state index contributed by atoms with van der Waals surface area (Å²) in [5.41, 5.74) is 2.29. The number of nitrogens with one attached hydrogen (secondary N) is 1. The van der Waals surface area contributed by atoms with Gasteiger partial charge in [0, 0.05) is 31.2 Å². The molecule has 0 amide bonds. The number of hydrogen-bond acceptors (Lipinski definition) is 4. The van der Waals surface area contributed by atoms with Crippen molar-refractivity contribution in [2.75, 3.05) is 18.0 Å². The van der Waals surface area contributed by atoms with Crippen LogP contribution in [0.3, 0.4) is 0 Å². The molecule has 0 saturated carbocycles. The van der Waals surface area contributed by atoms with Gasteiger partial charge in [0.05, 0.1) is 11.5 Å². The van der Waals surface area contributed by atoms with Crippen LogP contribution in [0.25, 0.3) is 11.0 Å². The number of hydrogen-bond donors (Lipinski definition) is 1. The van der Waals surface area contributed by atoms with E-state index in [9.17, 15) is 0 Å². The highest BCUT2D eigenvalue weighted by Gasteiger charge is 2.22. The number of benzene rings is 1. The van der Waals surface area contributed by atoms with Crippen molar-refractivity contribution in [3.8, 4) is 6.07 Å². The molecule has 4 rings (SSSR count). The zero-order valence-corrected chi connectivity index (χ0v) is 14.9. The maximum atomic E-state index is 7.32. The van der Waals surface area contributed by atoms with E-state index in [1.54, 1.807) is 12.4 Å². The monoisotopic (exact) mass is 353 g/mol. The van der Waals surface area contributed by atoms with Crippen LogP contribution in [0, 0.1) is 11.3 Å². The molecule has 128 valence electrons. The minimum atomic E-state index is 0.608. The summed E-state index contributed by atoms with van der Waals surface area (Å²) in [6.45, 7) is 3.47. The van der Waals surface area contributed by atoms with Crippen LogP contribution in [0.4, 0.5) is 5.82 Å². The molecule has 1 aliphatic rings. The predicted molar refractivity (Wildman–Crippen MR) is 101 cm³/mol. The molecule has 3 aromatic rings. The van der Waals surface area contributed by atoms with Gasteiger partial charge in [-0.25, -0.2) is 9.97 Å². The molecule has 3 heterocycles. The van der Waals surface area contributed by atoms with E-state index in [0.29, 0.717) is 5.92 Å². The Morgan fingerprint density at radius 2 is 1.84 bits per heavy atom. The van der Waals surface area contributed by atoms with Gasteiger partial charge in [-0.15, -0.1) is 0 Å². The number of piperidine rings is 1. The molecule has 5 nitrogen and oxygen atoms in total. The van der Waals surface area contributed by atoms with E-state index < -0.39 is 0 Å². The summed E-state index contributed by atoms with van der Waals surface area (Å²) < 4.78 is 0. The van der Waals surface area contributed by atoms with E-state index in [4.69, 9.17) is 16.9 Å². The highest BCUT2D eigenvalue weighted by molar-refractivity contribution is 6.30. The number of halogens is 1. The zero-order valence-electron chi connectivity index (χ0n) is 14.1. The second kappa shape index (κ2) is 8.00. The van der Waals surface area contributed by atoms with E-state index in [1.807, 2.05) is 18.3 Å². The van der Waals surface area contributed by atoms with Crippen molar-refractivity contribution in [3.63, 3.8) is 0 Å². The molecule has 1 aromatic carbocycles. The van der Waals surface area contributed by atoms with Gasteiger partial charge in [-0.05, 0) is 42.5 Å². The summed E-state index contributed by atoms with van der Waals surface area (Å²) in [5, 5.41) is 9.23. The minimum absolute atomic E-state index is 0.608. The zero-order chi connectivity index (χ0) is 17.6. The molecule has 1 aliphatic heterocycles. The first-order valence-corrected chi connectivity index (χ1v) is 8.70. The number of aromatic amines is 1. The van der Waals surface area contributed by atoms with Crippen molar-refractivity contribution >= 4 is 28.5 Å². The van der Waals surface area contributed by atoms with Crippen LogP contribution in [0.2, 0.25) is 5.02 Å². The molecule has 0 unspecified atom stereocenters. The fraction of sp³-hybridized carbons (Fsp3) is 0.316. The van der Waals surface area contributed by atoms with E-state index >= 15 is 0 Å². The lowest BCUT2D eigenvalue weighted by atomic mass is 9.89. The number of anilines is 1. The molecule has 0 aliphatic carbocycles. The number of nitriles is 1. The van der Waals surface area contributed by atoms with Crippen molar-refractivity contribution in [1.29, 1.82) is 5.26 Å². The third-order valence-electron chi connectivity index (χ3n) is 4.47. The molecule has 0 spiro atoms. The quantitative estimate of drug-likeness (QED) is 0.735. The third-order valence-corrected chi connectivity index (χ3v) is 4.72. The Hall–Kier alpha value is -2.58. The average Bonchev–Trinajstić information content (AvgIpc) is 3.12. The van der Waals surface area contributed by atoms with E-state index in [-0.39, 0.29) is 0 Å². The maximum absolute atomic E-state index is 7.32. The standard InChI is InChI=1S/C17H17ClN4.C2H3N/c18-14-3-1-12(2-4-14)13-6-9-22(10-7-13)17-15-5-8-19-16(15)20-11-21-17;1-2-3/h1-5,8,11,13H,6-7,9-10H2,(H,19,20,21);1H3. The Kier molecular flexibility index (Phi) is 5.52. The van der Waals surface area contributed by atoms with Gasteiger partial charge in [0.1, 0.15) is 17.8 Å². The summed E-state index contributed by atoms with van der Waals surface area (Å²) in [5.74, 6) is 1.65. The maximum Gasteiger partial charge on any atom is 0.142 e. The van der Waals surface area contributed by atoms with Crippen LogP contribution in [0.1, 0.15) is 31.2 Å². The fourth-order valence-corrected chi connectivity index (χ4v) is 3.40. The van der Waals surface area contributed by atoms with Crippen molar-refractivity contribution < 1.29 is 0 Å². The summed E-state index contributed by atoms with van der Waals surface area (Å²) in [6.07, 6.45) is 5.83. The van der Waals surface area contributed by atoms with Gasteiger partial charge in [-0.1, -0.05) is 23.7 Å². The molecule has 0 radical (unpaired) electrons. The first-order valence-electron chi connectivity index (χ1n) is 8.32. The molecule has 1 N–H and O–H groups in total. The predicted octanol–water partition coefficient (Wildman–Crippen LogP) is 4.53. The summed E-state index contributed by atoms with van der Waals surface area (Å²) >= 11 is 5.97. The number of rotatable bonds is 2. The highest BCUT2D eigenvalue weighted by atomic mass is 35.5. The van der Waals surface area contributed by atoms with Crippen molar-refractivity contribution in [2.45, 2.75) is 25.7 Å². The molecule has 25 heavy (non-hydrogen) atoms. The third kappa shape index (κ3) is 3.92. The Morgan fingerprint density at radius 3 is 2.52 bits per heavy atom. The SMILES string of the molecule is CC#N.Clc1ccc(C2CCN(c3ncnc4[nH]ccc34)CC2)cc1. The highest BCUT2D eigenvalue weighted by Crippen LogP contribution is 2.32. The van der Waals surface area contributed by atoms with Gasteiger partial charge >= 0.3 is 0 Å². The minimum Gasteiger partial charge on any atom is -0.356 e. The molecule has 1 saturated heterocycles. The number of nitrogens with zero attached hydrogens (tertiary/aromatic N) is 4. The molecule has 6 heteroatoms. The van der Waals surface area contributed by atoms with Crippen LogP contribution >= 0.6 is 11.6 Å². The summed E-state index contributed by atoms with van der Waals surface area (Å²) in [6, 6.07) is 12.1. The first-order chi connectivity index (χ1) is 12.2. The Morgan fingerprint density at radius 1 is 1.16 bits per heavy atom. The van der Waals surface area contributed by atoms with Gasteiger partial charge in [0.2, 0.25) is 0 Å². The average molecular weight is 354 g/mol. The van der Waals surface area contributed by atoms with Gasteiger partial charge in [-0.3, -0.25) is 0 Å². The van der Waals surface area contributed by atoms with E-state index in [2.05, 4.69) is 38.1 Å². The smallest absolute Gasteiger partial charge is 0.142 e. The van der Waals surface area contributed by atoms with Crippen molar-refractivity contribution in [3.05, 3.63) is 53.4 Å². The lowest BCUT2D eigenvalue weighted by molar-refractivity contribution is 0.503. The number of fused-ring (bicyclic) bond motifs is 1. The Balaban J connectivity index is 0.000000569. The second-order valence-electron chi connectivity index (χ2n) is 5.97. The van der Waals surface area contributed by atoms with Gasteiger partial charge in [0.15, 0.2) is 0 Å². The second-order valence-corrected chi connectivity index (χ2v) is 6.41. The van der Waals surface area contributed by atoms with Crippen LogP contribution in [-0.2, 0) is 0 Å². The normalized spacial score (nSPS) is 14.7. The molecule has 0 bridgehead atoms. The summed E-state index contributed by atoms with van der Waals surface area (Å²) in [4.78, 5) is 14.3. The van der Waals surface area contributed by atoms with Crippen molar-refractivity contribution in [1.82, 2.24) is 15.0 Å². The van der Waals surface area contributed by atoms with Crippen molar-refractivity contribution in [2.24, 2.45) is 0 Å². The molecule has 2 aromatic heterocycles. The van der Waals surface area contributed by atoms with Crippen LogP contribution in [0.15, 0.2) is 42.9 Å². The van der Waals surface area contributed by atoms with Gasteiger partial charge in [-0.2, -0.15) is 5.26 Å². The van der Waals surface area contributed by atoms with E-state index in [0.717, 1.165) is 47.8 Å². The first kappa shape index (κ1) is 17.2. The van der Waals surface area contributed by atoms with E-state index in [1.165, 1.54) is 12.5 Å². The van der Waals surface area contributed by atoms with Gasteiger partial charge in [0.25, 0.3) is 0 Å². The lowest BCUT2D eigenvalue weighted by Crippen LogP contribution is -2.33. The largest absolute Gasteiger partial charge is 0.356 e. The van der Waals surface area contributed by atoms with Crippen LogP contribution < -0.4 is 4.90 Å². The molecule has 0 atom stereocenters. The Bertz CT molecular complexity index is 857. The number of aromatic nitrogens is 3. The van der Waals surface area contributed by atoms with Crippen LogP contribution in [-0.4, -0.2) is 28.0 Å². The van der Waals surface area contributed by atoms with Crippen LogP contribution in [0.5, 0.6) is 0 Å². The molecular weight excluding hydrogens is 334 g/mol. The summed E-state index contributed by atoms with van der Waals surface area (Å²) in [7, 11) is 0. The molecule has 1 fully saturated rings. The molecular formula is C19H20ClN5. The topological polar surface area (TPSA) is 68.6 Å². The number of H-pyrrole nitrogens is 1. The van der Waals surface area contributed by atoms with Gasteiger partial charge < -0.3 is 9.88 Å². The Labute approximate surface area is 152 Å².